The molecule has 1 saturated carbocycles. The second-order valence-corrected chi connectivity index (χ2v) is 11.4. The Kier molecular flexibility index (Phi) is 5.50. The molecule has 1 aliphatic carbocycles. The Labute approximate surface area is 147 Å². The van der Waals surface area contributed by atoms with Crippen LogP contribution in [0.1, 0.15) is 50.5 Å². The predicted octanol–water partition coefficient (Wildman–Crippen LogP) is 6.16. The fraction of sp³-hybridized carbons (Fsp3) is 0.667. The summed E-state index contributed by atoms with van der Waals surface area (Å²) in [4.78, 5) is 0. The molecule has 0 amide bonds. The van der Waals surface area contributed by atoms with Crippen molar-refractivity contribution in [2.24, 2.45) is 5.92 Å². The van der Waals surface area contributed by atoms with Crippen LogP contribution in [-0.4, -0.2) is 14.5 Å². The van der Waals surface area contributed by atoms with Crippen LogP contribution in [0.4, 0.5) is 13.2 Å². The van der Waals surface area contributed by atoms with Gasteiger partial charge in [-0.25, -0.2) is 0 Å². The molecule has 2 fully saturated rings. The van der Waals surface area contributed by atoms with E-state index in [0.29, 0.717) is 5.92 Å². The van der Waals surface area contributed by atoms with E-state index >= 15 is 0 Å². The van der Waals surface area contributed by atoms with Gasteiger partial charge < -0.3 is 4.74 Å². The van der Waals surface area contributed by atoms with Gasteiger partial charge >= 0.3 is 6.36 Å². The van der Waals surface area contributed by atoms with Gasteiger partial charge in [0.2, 0.25) is 0 Å². The standard InChI is InChI=1S/C18H24ClF3OSi/c19-24-12-8-15(9-13-24)17(10-2-1-3-11-17)14-4-6-16(7-5-14)23-18(20,21)22/h4-7,15,24H,1-3,8-13H2. The van der Waals surface area contributed by atoms with Crippen LogP contribution in [0, 0.1) is 5.92 Å². The van der Waals surface area contributed by atoms with Crippen LogP contribution in [0.5, 0.6) is 5.75 Å². The molecule has 0 N–H and O–H groups in total. The van der Waals surface area contributed by atoms with Gasteiger partial charge in [-0.05, 0) is 54.0 Å². The molecular formula is C18H24ClF3OSi. The van der Waals surface area contributed by atoms with Gasteiger partial charge in [0.15, 0.2) is 0 Å². The average molecular weight is 377 g/mol. The van der Waals surface area contributed by atoms with E-state index in [1.807, 2.05) is 12.1 Å². The zero-order valence-corrected chi connectivity index (χ0v) is 15.7. The van der Waals surface area contributed by atoms with Crippen LogP contribution in [0.2, 0.25) is 12.1 Å². The maximum absolute atomic E-state index is 12.4. The Morgan fingerprint density at radius 3 is 2.12 bits per heavy atom. The molecule has 1 nitrogen and oxygen atoms in total. The lowest BCUT2D eigenvalue weighted by atomic mass is 9.60. The monoisotopic (exact) mass is 376 g/mol. The van der Waals surface area contributed by atoms with Crippen LogP contribution in [-0.2, 0) is 5.41 Å². The smallest absolute Gasteiger partial charge is 0.406 e. The molecule has 0 aromatic heterocycles. The highest BCUT2D eigenvalue weighted by Gasteiger charge is 2.42. The number of rotatable bonds is 3. The molecule has 2 aliphatic rings. The minimum atomic E-state index is -4.63. The van der Waals surface area contributed by atoms with Gasteiger partial charge in [0.05, 0.1) is 0 Å². The molecule has 0 atom stereocenters. The molecule has 1 heterocycles. The first-order valence-electron chi connectivity index (χ1n) is 8.89. The molecule has 6 heteroatoms. The Morgan fingerprint density at radius 2 is 1.58 bits per heavy atom. The molecule has 0 bridgehead atoms. The van der Waals surface area contributed by atoms with Crippen molar-refractivity contribution in [3.63, 3.8) is 0 Å². The number of ether oxygens (including phenoxy) is 1. The third-order valence-corrected chi connectivity index (χ3v) is 9.08. The van der Waals surface area contributed by atoms with E-state index in [1.165, 1.54) is 61.9 Å². The highest BCUT2D eigenvalue weighted by atomic mass is 35.6. The molecule has 24 heavy (non-hydrogen) atoms. The summed E-state index contributed by atoms with van der Waals surface area (Å²) >= 11 is 6.41. The first-order chi connectivity index (χ1) is 11.4. The Hall–Kier alpha value is -0.683. The SMILES string of the molecule is FC(F)(F)Oc1ccc(C2(C3CC[SiH](Cl)CC3)CCCCC2)cc1. The summed E-state index contributed by atoms with van der Waals surface area (Å²) in [5.74, 6) is 0.490. The molecule has 1 aliphatic heterocycles. The van der Waals surface area contributed by atoms with Crippen LogP contribution in [0.25, 0.3) is 0 Å². The first kappa shape index (κ1) is 18.1. The Morgan fingerprint density at radius 1 is 1.00 bits per heavy atom. The van der Waals surface area contributed by atoms with E-state index < -0.39 is 14.5 Å². The lowest BCUT2D eigenvalue weighted by Gasteiger charge is -2.46. The molecule has 1 aromatic carbocycles. The second-order valence-electron chi connectivity index (χ2n) is 7.24. The van der Waals surface area contributed by atoms with Crippen molar-refractivity contribution in [2.45, 2.75) is 68.8 Å². The lowest BCUT2D eigenvalue weighted by molar-refractivity contribution is -0.274. The van der Waals surface area contributed by atoms with E-state index in [1.54, 1.807) is 0 Å². The molecular weight excluding hydrogens is 353 g/mol. The number of hydrogen-bond acceptors (Lipinski definition) is 1. The largest absolute Gasteiger partial charge is 0.573 e. The summed E-state index contributed by atoms with van der Waals surface area (Å²) in [5, 5.41) is 0. The summed E-state index contributed by atoms with van der Waals surface area (Å²) in [6.07, 6.45) is 3.70. The number of hydrogen-bond donors (Lipinski definition) is 0. The van der Waals surface area contributed by atoms with Gasteiger partial charge in [0.25, 0.3) is 0 Å². The van der Waals surface area contributed by atoms with E-state index in [2.05, 4.69) is 4.74 Å². The maximum Gasteiger partial charge on any atom is 0.573 e. The third-order valence-electron chi connectivity index (χ3n) is 5.85. The quantitative estimate of drug-likeness (QED) is 0.453. The van der Waals surface area contributed by atoms with E-state index in [9.17, 15) is 13.2 Å². The van der Waals surface area contributed by atoms with Crippen LogP contribution in [0.3, 0.4) is 0 Å². The summed E-state index contributed by atoms with van der Waals surface area (Å²) in [5.41, 5.74) is 1.32. The van der Waals surface area contributed by atoms with Crippen molar-refractivity contribution in [2.75, 3.05) is 0 Å². The maximum atomic E-state index is 12.4. The van der Waals surface area contributed by atoms with Crippen LogP contribution < -0.4 is 4.74 Å². The fourth-order valence-corrected chi connectivity index (χ4v) is 7.28. The van der Waals surface area contributed by atoms with Gasteiger partial charge in [-0.1, -0.05) is 44.2 Å². The Balaban J connectivity index is 1.83. The van der Waals surface area contributed by atoms with E-state index in [-0.39, 0.29) is 11.2 Å². The third kappa shape index (κ3) is 4.10. The van der Waals surface area contributed by atoms with Crippen molar-refractivity contribution in [3.05, 3.63) is 29.8 Å². The van der Waals surface area contributed by atoms with Crippen molar-refractivity contribution in [1.29, 1.82) is 0 Å². The van der Waals surface area contributed by atoms with Gasteiger partial charge in [-0.3, -0.25) is 0 Å². The molecule has 3 rings (SSSR count). The summed E-state index contributed by atoms with van der Waals surface area (Å²) < 4.78 is 41.1. The van der Waals surface area contributed by atoms with E-state index in [4.69, 9.17) is 11.1 Å². The predicted molar refractivity (Wildman–Crippen MR) is 93.2 cm³/mol. The minimum Gasteiger partial charge on any atom is -0.406 e. The molecule has 0 radical (unpaired) electrons. The number of halogens is 4. The van der Waals surface area contributed by atoms with Crippen LogP contribution in [0.15, 0.2) is 24.3 Å². The molecule has 1 saturated heterocycles. The summed E-state index contributed by atoms with van der Waals surface area (Å²) in [6.45, 7) is 0. The molecule has 134 valence electrons. The van der Waals surface area contributed by atoms with Crippen molar-refractivity contribution >= 4 is 19.2 Å². The zero-order chi connectivity index (χ0) is 17.2. The Bertz CT molecular complexity index is 532. The van der Waals surface area contributed by atoms with Gasteiger partial charge in [-0.2, -0.15) is 11.1 Å². The van der Waals surface area contributed by atoms with Crippen molar-refractivity contribution in [3.8, 4) is 5.75 Å². The first-order valence-corrected chi connectivity index (χ1v) is 12.3. The molecule has 0 unspecified atom stereocenters. The van der Waals surface area contributed by atoms with Gasteiger partial charge in [-0.15, -0.1) is 13.2 Å². The molecule has 0 spiro atoms. The van der Waals surface area contributed by atoms with Crippen molar-refractivity contribution in [1.82, 2.24) is 0 Å². The summed E-state index contributed by atoms with van der Waals surface area (Å²) in [6, 6.07) is 9.03. The number of alkyl halides is 3. The van der Waals surface area contributed by atoms with Crippen LogP contribution >= 0.6 is 11.1 Å². The normalized spacial score (nSPS) is 27.7. The van der Waals surface area contributed by atoms with Gasteiger partial charge in [0, 0.05) is 0 Å². The zero-order valence-electron chi connectivity index (χ0n) is 13.7. The summed E-state index contributed by atoms with van der Waals surface area (Å²) in [7, 11) is -1.02. The van der Waals surface area contributed by atoms with Crippen molar-refractivity contribution < 1.29 is 17.9 Å². The second kappa shape index (κ2) is 7.28. The lowest BCUT2D eigenvalue weighted by Crippen LogP contribution is -2.39. The number of benzene rings is 1. The molecule has 1 aromatic rings. The highest BCUT2D eigenvalue weighted by Crippen LogP contribution is 2.50. The van der Waals surface area contributed by atoms with E-state index in [0.717, 1.165) is 12.8 Å². The topological polar surface area (TPSA) is 9.23 Å². The highest BCUT2D eigenvalue weighted by molar-refractivity contribution is 7.07. The van der Waals surface area contributed by atoms with Gasteiger partial charge in [0.1, 0.15) is 13.9 Å². The average Bonchev–Trinajstić information content (AvgIpc) is 2.55. The minimum absolute atomic E-state index is 0.125. The fourth-order valence-electron chi connectivity index (χ4n) is 4.71.